The minimum absolute atomic E-state index is 0.491. The molecule has 1 atom stereocenters. The molecule has 1 nitrogen and oxygen atoms in total. The zero-order valence-corrected chi connectivity index (χ0v) is 11.8. The SMILES string of the molecule is CCNC(CSCC)c1cscc1Br. The van der Waals surface area contributed by atoms with E-state index in [4.69, 9.17) is 0 Å². The second-order valence-electron chi connectivity index (χ2n) is 2.94. The van der Waals surface area contributed by atoms with Gasteiger partial charge in [0.15, 0.2) is 0 Å². The summed E-state index contributed by atoms with van der Waals surface area (Å²) in [5.74, 6) is 2.34. The lowest BCUT2D eigenvalue weighted by Crippen LogP contribution is -2.22. The summed E-state index contributed by atoms with van der Waals surface area (Å²) in [5.41, 5.74) is 1.40. The van der Waals surface area contributed by atoms with E-state index in [1.54, 1.807) is 11.3 Å². The number of nitrogens with one attached hydrogen (secondary N) is 1. The second-order valence-corrected chi connectivity index (χ2v) is 5.86. The lowest BCUT2D eigenvalue weighted by atomic mass is 10.2. The van der Waals surface area contributed by atoms with Gasteiger partial charge in [-0.1, -0.05) is 13.8 Å². The van der Waals surface area contributed by atoms with Crippen LogP contribution in [0.3, 0.4) is 0 Å². The van der Waals surface area contributed by atoms with Crippen LogP contribution in [0.15, 0.2) is 15.2 Å². The van der Waals surface area contributed by atoms with Crippen LogP contribution in [0.25, 0.3) is 0 Å². The predicted octanol–water partition coefficient (Wildman–Crippen LogP) is 3.91. The highest BCUT2D eigenvalue weighted by Crippen LogP contribution is 2.29. The molecule has 80 valence electrons. The van der Waals surface area contributed by atoms with Crippen LogP contribution in [0, 0.1) is 0 Å². The van der Waals surface area contributed by atoms with E-state index in [9.17, 15) is 0 Å². The van der Waals surface area contributed by atoms with Crippen molar-refractivity contribution >= 4 is 39.0 Å². The lowest BCUT2D eigenvalue weighted by Gasteiger charge is -2.16. The third-order valence-corrected chi connectivity index (χ3v) is 4.69. The molecule has 0 aliphatic heterocycles. The van der Waals surface area contributed by atoms with Gasteiger partial charge in [0.05, 0.1) is 0 Å². The topological polar surface area (TPSA) is 12.0 Å². The summed E-state index contributed by atoms with van der Waals surface area (Å²) in [6, 6.07) is 0.491. The molecule has 0 bridgehead atoms. The number of thiophene rings is 1. The molecule has 0 fully saturated rings. The molecule has 1 rings (SSSR count). The van der Waals surface area contributed by atoms with Crippen LogP contribution < -0.4 is 5.32 Å². The summed E-state index contributed by atoms with van der Waals surface area (Å²) >= 11 is 7.33. The Morgan fingerprint density at radius 1 is 1.50 bits per heavy atom. The zero-order chi connectivity index (χ0) is 10.4. The van der Waals surface area contributed by atoms with Gasteiger partial charge in [0.2, 0.25) is 0 Å². The third-order valence-electron chi connectivity index (χ3n) is 1.96. The van der Waals surface area contributed by atoms with Crippen molar-refractivity contribution in [1.29, 1.82) is 0 Å². The molecule has 1 N–H and O–H groups in total. The summed E-state index contributed by atoms with van der Waals surface area (Å²) in [4.78, 5) is 0. The average Bonchev–Trinajstić information content (AvgIpc) is 2.59. The number of hydrogen-bond donors (Lipinski definition) is 1. The predicted molar refractivity (Wildman–Crippen MR) is 71.4 cm³/mol. The Morgan fingerprint density at radius 2 is 2.29 bits per heavy atom. The van der Waals surface area contributed by atoms with Crippen molar-refractivity contribution in [1.82, 2.24) is 5.32 Å². The molecule has 0 aliphatic rings. The Kier molecular flexibility index (Phi) is 6.17. The third kappa shape index (κ3) is 3.57. The molecule has 4 heteroatoms. The fraction of sp³-hybridized carbons (Fsp3) is 0.600. The normalized spacial score (nSPS) is 13.1. The van der Waals surface area contributed by atoms with Crippen molar-refractivity contribution in [2.24, 2.45) is 0 Å². The zero-order valence-electron chi connectivity index (χ0n) is 8.55. The second kappa shape index (κ2) is 6.88. The van der Waals surface area contributed by atoms with Crippen LogP contribution in [0.4, 0.5) is 0 Å². The van der Waals surface area contributed by atoms with Gasteiger partial charge in [-0.25, -0.2) is 0 Å². The van der Waals surface area contributed by atoms with Crippen LogP contribution in [-0.2, 0) is 0 Å². The van der Waals surface area contributed by atoms with Gasteiger partial charge < -0.3 is 5.32 Å². The van der Waals surface area contributed by atoms with E-state index >= 15 is 0 Å². The van der Waals surface area contributed by atoms with Gasteiger partial charge in [-0.05, 0) is 39.2 Å². The van der Waals surface area contributed by atoms with Crippen molar-refractivity contribution < 1.29 is 0 Å². The Bertz CT molecular complexity index is 262. The van der Waals surface area contributed by atoms with Gasteiger partial charge in [0.1, 0.15) is 0 Å². The molecule has 1 heterocycles. The van der Waals surface area contributed by atoms with Gasteiger partial charge in [0.25, 0.3) is 0 Å². The molecule has 14 heavy (non-hydrogen) atoms. The van der Waals surface area contributed by atoms with E-state index in [-0.39, 0.29) is 0 Å². The first kappa shape index (κ1) is 12.6. The quantitative estimate of drug-likeness (QED) is 0.853. The molecular weight excluding hydrogens is 278 g/mol. The van der Waals surface area contributed by atoms with E-state index in [1.807, 2.05) is 11.8 Å². The molecule has 0 radical (unpaired) electrons. The fourth-order valence-corrected chi connectivity index (χ4v) is 3.68. The van der Waals surface area contributed by atoms with E-state index in [0.717, 1.165) is 12.3 Å². The Labute approximate surface area is 103 Å². The van der Waals surface area contributed by atoms with E-state index in [2.05, 4.69) is 45.9 Å². The van der Waals surface area contributed by atoms with Gasteiger partial charge in [-0.15, -0.1) is 0 Å². The molecule has 1 unspecified atom stereocenters. The summed E-state index contributed by atoms with van der Waals surface area (Å²) < 4.78 is 1.24. The highest BCUT2D eigenvalue weighted by atomic mass is 79.9. The maximum absolute atomic E-state index is 3.59. The largest absolute Gasteiger partial charge is 0.309 e. The molecule has 1 aromatic rings. The van der Waals surface area contributed by atoms with Crippen molar-refractivity contribution in [3.8, 4) is 0 Å². The number of thioether (sulfide) groups is 1. The molecule has 0 saturated heterocycles. The molecule has 0 aromatic carbocycles. The summed E-state index contributed by atoms with van der Waals surface area (Å²) in [7, 11) is 0. The summed E-state index contributed by atoms with van der Waals surface area (Å²) in [5, 5.41) is 7.90. The highest BCUT2D eigenvalue weighted by Gasteiger charge is 2.13. The molecule has 1 aromatic heterocycles. The van der Waals surface area contributed by atoms with Crippen LogP contribution in [0.5, 0.6) is 0 Å². The van der Waals surface area contributed by atoms with Crippen LogP contribution in [0.2, 0.25) is 0 Å². The van der Waals surface area contributed by atoms with Gasteiger partial charge in [-0.3, -0.25) is 0 Å². The van der Waals surface area contributed by atoms with Crippen molar-refractivity contribution in [3.63, 3.8) is 0 Å². The Morgan fingerprint density at radius 3 is 2.79 bits per heavy atom. The first-order valence-corrected chi connectivity index (χ1v) is 7.71. The number of halogens is 1. The molecular formula is C10H16BrNS2. The van der Waals surface area contributed by atoms with E-state index < -0.39 is 0 Å². The minimum atomic E-state index is 0.491. The minimum Gasteiger partial charge on any atom is -0.309 e. The monoisotopic (exact) mass is 293 g/mol. The van der Waals surface area contributed by atoms with Gasteiger partial charge >= 0.3 is 0 Å². The van der Waals surface area contributed by atoms with Gasteiger partial charge in [-0.2, -0.15) is 23.1 Å². The standard InChI is InChI=1S/C10H16BrNS2/c1-3-12-10(7-13-4-2)8-5-14-6-9(8)11/h5-6,10,12H,3-4,7H2,1-2H3. The summed E-state index contributed by atoms with van der Waals surface area (Å²) in [6.45, 7) is 5.39. The lowest BCUT2D eigenvalue weighted by molar-refractivity contribution is 0.606. The first-order valence-electron chi connectivity index (χ1n) is 4.82. The van der Waals surface area contributed by atoms with Crippen LogP contribution in [0.1, 0.15) is 25.5 Å². The van der Waals surface area contributed by atoms with E-state index in [0.29, 0.717) is 6.04 Å². The molecule has 0 amide bonds. The van der Waals surface area contributed by atoms with Crippen LogP contribution >= 0.6 is 39.0 Å². The Balaban J connectivity index is 2.62. The first-order chi connectivity index (χ1) is 6.79. The molecule has 0 spiro atoms. The number of rotatable bonds is 6. The highest BCUT2D eigenvalue weighted by molar-refractivity contribution is 9.10. The Hall–Kier alpha value is 0.490. The van der Waals surface area contributed by atoms with Gasteiger partial charge in [0, 0.05) is 21.6 Å². The van der Waals surface area contributed by atoms with Crippen molar-refractivity contribution in [2.75, 3.05) is 18.1 Å². The maximum atomic E-state index is 3.59. The van der Waals surface area contributed by atoms with Crippen molar-refractivity contribution in [3.05, 3.63) is 20.8 Å². The molecule has 0 aliphatic carbocycles. The smallest absolute Gasteiger partial charge is 0.0431 e. The van der Waals surface area contributed by atoms with E-state index in [1.165, 1.54) is 15.8 Å². The fourth-order valence-electron chi connectivity index (χ4n) is 1.28. The van der Waals surface area contributed by atoms with Crippen LogP contribution in [-0.4, -0.2) is 18.1 Å². The number of hydrogen-bond acceptors (Lipinski definition) is 3. The molecule has 0 saturated carbocycles. The summed E-state index contributed by atoms with van der Waals surface area (Å²) in [6.07, 6.45) is 0. The van der Waals surface area contributed by atoms with Crippen molar-refractivity contribution in [2.45, 2.75) is 19.9 Å². The maximum Gasteiger partial charge on any atom is 0.0431 e. The average molecular weight is 294 g/mol.